The first kappa shape index (κ1) is 11.9. The molecule has 3 heteroatoms. The molecule has 0 spiro atoms. The van der Waals surface area contributed by atoms with Gasteiger partial charge in [-0.05, 0) is 18.8 Å². The van der Waals surface area contributed by atoms with Crippen LogP contribution >= 0.6 is 0 Å². The standard InChI is InChI=1S/C9H20O3/c1-8(4-5-11-2)6-9(10)7-12-3/h8-10H,4-7H2,1-3H3. The highest BCUT2D eigenvalue weighted by Crippen LogP contribution is 2.10. The predicted molar refractivity (Wildman–Crippen MR) is 48.2 cm³/mol. The highest BCUT2D eigenvalue weighted by molar-refractivity contribution is 4.60. The van der Waals surface area contributed by atoms with Crippen molar-refractivity contribution in [2.24, 2.45) is 5.92 Å². The van der Waals surface area contributed by atoms with E-state index in [1.54, 1.807) is 14.2 Å². The normalized spacial score (nSPS) is 16.0. The van der Waals surface area contributed by atoms with Crippen molar-refractivity contribution in [1.82, 2.24) is 0 Å². The van der Waals surface area contributed by atoms with Gasteiger partial charge in [0, 0.05) is 20.8 Å². The van der Waals surface area contributed by atoms with Gasteiger partial charge in [-0.25, -0.2) is 0 Å². The van der Waals surface area contributed by atoms with Gasteiger partial charge < -0.3 is 14.6 Å². The first-order chi connectivity index (χ1) is 5.70. The fraction of sp³-hybridized carbons (Fsp3) is 1.00. The zero-order chi connectivity index (χ0) is 9.40. The Balaban J connectivity index is 3.33. The van der Waals surface area contributed by atoms with Crippen LogP contribution in [0.5, 0.6) is 0 Å². The van der Waals surface area contributed by atoms with Crippen molar-refractivity contribution in [1.29, 1.82) is 0 Å². The number of aliphatic hydroxyl groups is 1. The van der Waals surface area contributed by atoms with E-state index in [-0.39, 0.29) is 6.10 Å². The van der Waals surface area contributed by atoms with E-state index in [2.05, 4.69) is 6.92 Å². The Morgan fingerprint density at radius 3 is 2.42 bits per heavy atom. The lowest BCUT2D eigenvalue weighted by Gasteiger charge is -2.14. The largest absolute Gasteiger partial charge is 0.391 e. The Morgan fingerprint density at radius 1 is 1.25 bits per heavy atom. The summed E-state index contributed by atoms with van der Waals surface area (Å²) in [6.45, 7) is 3.30. The molecular weight excluding hydrogens is 156 g/mol. The molecule has 0 aromatic rings. The van der Waals surface area contributed by atoms with Crippen LogP contribution in [0.25, 0.3) is 0 Å². The van der Waals surface area contributed by atoms with Crippen molar-refractivity contribution in [3.63, 3.8) is 0 Å². The Labute approximate surface area is 74.7 Å². The van der Waals surface area contributed by atoms with Crippen LogP contribution in [-0.2, 0) is 9.47 Å². The van der Waals surface area contributed by atoms with E-state index in [1.165, 1.54) is 0 Å². The fourth-order valence-electron chi connectivity index (χ4n) is 1.16. The molecule has 0 saturated heterocycles. The minimum absolute atomic E-state index is 0.332. The number of rotatable bonds is 7. The van der Waals surface area contributed by atoms with Crippen LogP contribution in [0.4, 0.5) is 0 Å². The molecule has 0 aliphatic rings. The summed E-state index contributed by atoms with van der Waals surface area (Å²) in [5.41, 5.74) is 0. The highest BCUT2D eigenvalue weighted by atomic mass is 16.5. The summed E-state index contributed by atoms with van der Waals surface area (Å²) < 4.78 is 9.77. The molecule has 0 aliphatic heterocycles. The van der Waals surface area contributed by atoms with E-state index in [9.17, 15) is 5.11 Å². The minimum Gasteiger partial charge on any atom is -0.391 e. The monoisotopic (exact) mass is 176 g/mol. The van der Waals surface area contributed by atoms with Crippen molar-refractivity contribution in [2.75, 3.05) is 27.4 Å². The molecule has 2 atom stereocenters. The molecule has 0 rings (SSSR count). The van der Waals surface area contributed by atoms with Gasteiger partial charge in [0.05, 0.1) is 12.7 Å². The van der Waals surface area contributed by atoms with E-state index in [4.69, 9.17) is 9.47 Å². The molecule has 74 valence electrons. The number of methoxy groups -OCH3 is 2. The second-order valence-electron chi connectivity index (χ2n) is 3.23. The number of aliphatic hydroxyl groups excluding tert-OH is 1. The molecule has 0 saturated carbocycles. The van der Waals surface area contributed by atoms with Gasteiger partial charge in [-0.3, -0.25) is 0 Å². The van der Waals surface area contributed by atoms with Gasteiger partial charge in [0.1, 0.15) is 0 Å². The zero-order valence-corrected chi connectivity index (χ0v) is 8.25. The van der Waals surface area contributed by atoms with E-state index in [0.717, 1.165) is 19.4 Å². The van der Waals surface area contributed by atoms with E-state index in [1.807, 2.05) is 0 Å². The third kappa shape index (κ3) is 6.58. The maximum absolute atomic E-state index is 9.35. The quantitative estimate of drug-likeness (QED) is 0.630. The fourth-order valence-corrected chi connectivity index (χ4v) is 1.16. The average molecular weight is 176 g/mol. The van der Waals surface area contributed by atoms with Crippen LogP contribution < -0.4 is 0 Å². The van der Waals surface area contributed by atoms with Crippen LogP contribution in [-0.4, -0.2) is 38.6 Å². The Morgan fingerprint density at radius 2 is 1.92 bits per heavy atom. The summed E-state index contributed by atoms with van der Waals surface area (Å²) in [4.78, 5) is 0. The van der Waals surface area contributed by atoms with Crippen molar-refractivity contribution in [3.8, 4) is 0 Å². The van der Waals surface area contributed by atoms with Crippen molar-refractivity contribution >= 4 is 0 Å². The van der Waals surface area contributed by atoms with E-state index < -0.39 is 0 Å². The molecule has 2 unspecified atom stereocenters. The lowest BCUT2D eigenvalue weighted by Crippen LogP contribution is -2.18. The van der Waals surface area contributed by atoms with Gasteiger partial charge >= 0.3 is 0 Å². The zero-order valence-electron chi connectivity index (χ0n) is 8.25. The summed E-state index contributed by atoms with van der Waals surface area (Å²) in [6, 6.07) is 0. The topological polar surface area (TPSA) is 38.7 Å². The average Bonchev–Trinajstić information content (AvgIpc) is 2.01. The van der Waals surface area contributed by atoms with Gasteiger partial charge in [-0.15, -0.1) is 0 Å². The molecule has 0 aromatic carbocycles. The molecule has 0 fully saturated rings. The van der Waals surface area contributed by atoms with Crippen LogP contribution in [0.15, 0.2) is 0 Å². The summed E-state index contributed by atoms with van der Waals surface area (Å²) in [5, 5.41) is 9.35. The summed E-state index contributed by atoms with van der Waals surface area (Å²) >= 11 is 0. The van der Waals surface area contributed by atoms with Gasteiger partial charge in [0.15, 0.2) is 0 Å². The molecule has 1 N–H and O–H groups in total. The maximum atomic E-state index is 9.35. The van der Waals surface area contributed by atoms with Crippen LogP contribution in [0.1, 0.15) is 19.8 Å². The van der Waals surface area contributed by atoms with Crippen LogP contribution in [0.3, 0.4) is 0 Å². The molecular formula is C9H20O3. The highest BCUT2D eigenvalue weighted by Gasteiger charge is 2.09. The van der Waals surface area contributed by atoms with Crippen molar-refractivity contribution < 1.29 is 14.6 Å². The summed E-state index contributed by atoms with van der Waals surface area (Å²) in [6.07, 6.45) is 1.45. The van der Waals surface area contributed by atoms with Crippen molar-refractivity contribution in [2.45, 2.75) is 25.9 Å². The summed E-state index contributed by atoms with van der Waals surface area (Å²) in [7, 11) is 3.29. The van der Waals surface area contributed by atoms with Gasteiger partial charge in [-0.2, -0.15) is 0 Å². The Bertz CT molecular complexity index is 95.8. The molecule has 3 nitrogen and oxygen atoms in total. The molecule has 0 radical (unpaired) electrons. The van der Waals surface area contributed by atoms with E-state index >= 15 is 0 Å². The lowest BCUT2D eigenvalue weighted by molar-refractivity contribution is 0.0461. The third-order valence-electron chi connectivity index (χ3n) is 1.85. The second-order valence-corrected chi connectivity index (χ2v) is 3.23. The number of hydrogen-bond donors (Lipinski definition) is 1. The molecule has 12 heavy (non-hydrogen) atoms. The molecule has 0 bridgehead atoms. The molecule has 0 amide bonds. The molecule has 0 aromatic heterocycles. The summed E-state index contributed by atoms with van der Waals surface area (Å²) in [5.74, 6) is 0.495. The Hall–Kier alpha value is -0.120. The van der Waals surface area contributed by atoms with E-state index in [0.29, 0.717) is 12.5 Å². The Kier molecular flexibility index (Phi) is 7.45. The molecule has 0 heterocycles. The van der Waals surface area contributed by atoms with Crippen molar-refractivity contribution in [3.05, 3.63) is 0 Å². The van der Waals surface area contributed by atoms with Crippen LogP contribution in [0.2, 0.25) is 0 Å². The second kappa shape index (κ2) is 7.53. The van der Waals surface area contributed by atoms with Gasteiger partial charge in [-0.1, -0.05) is 6.92 Å². The lowest BCUT2D eigenvalue weighted by atomic mass is 10.0. The first-order valence-corrected chi connectivity index (χ1v) is 4.36. The minimum atomic E-state index is -0.332. The smallest absolute Gasteiger partial charge is 0.0776 e. The maximum Gasteiger partial charge on any atom is 0.0776 e. The van der Waals surface area contributed by atoms with Gasteiger partial charge in [0.2, 0.25) is 0 Å². The SMILES string of the molecule is COCCC(C)CC(O)COC. The first-order valence-electron chi connectivity index (χ1n) is 4.36. The number of hydrogen-bond acceptors (Lipinski definition) is 3. The predicted octanol–water partition coefficient (Wildman–Crippen LogP) is 1.06. The number of ether oxygens (including phenoxy) is 2. The van der Waals surface area contributed by atoms with Crippen LogP contribution in [0, 0.1) is 5.92 Å². The molecule has 0 aliphatic carbocycles. The van der Waals surface area contributed by atoms with Gasteiger partial charge in [0.25, 0.3) is 0 Å². The third-order valence-corrected chi connectivity index (χ3v) is 1.85.